The fourth-order valence-electron chi connectivity index (χ4n) is 2.66. The molecule has 0 bridgehead atoms. The summed E-state index contributed by atoms with van der Waals surface area (Å²) in [5.74, 6) is 0.0581. The zero-order valence-electron chi connectivity index (χ0n) is 17.8. The third-order valence-electron chi connectivity index (χ3n) is 4.37. The van der Waals surface area contributed by atoms with Crippen LogP contribution in [0.3, 0.4) is 0 Å². The Balaban J connectivity index is 1.52. The Morgan fingerprint density at radius 2 is 1.55 bits per heavy atom. The van der Waals surface area contributed by atoms with Crippen molar-refractivity contribution >= 4 is 23.8 Å². The molecule has 0 heterocycles. The number of hydrogen-bond donors (Lipinski definition) is 1. The van der Waals surface area contributed by atoms with Crippen molar-refractivity contribution in [2.75, 3.05) is 6.61 Å². The number of rotatable bonds is 9. The van der Waals surface area contributed by atoms with E-state index < -0.39 is 16.8 Å². The Labute approximate surface area is 189 Å². The molecule has 0 aromatic heterocycles. The zero-order valence-corrected chi connectivity index (χ0v) is 17.8. The minimum absolute atomic E-state index is 0.103. The summed E-state index contributed by atoms with van der Waals surface area (Å²) in [5.41, 5.74) is 3.55. The maximum atomic E-state index is 12.3. The van der Waals surface area contributed by atoms with Gasteiger partial charge < -0.3 is 9.47 Å². The maximum absolute atomic E-state index is 12.3. The first-order valence-corrected chi connectivity index (χ1v) is 10.1. The van der Waals surface area contributed by atoms with Gasteiger partial charge in [-0.25, -0.2) is 10.2 Å². The van der Waals surface area contributed by atoms with Gasteiger partial charge >= 0.3 is 5.97 Å². The van der Waals surface area contributed by atoms with E-state index in [2.05, 4.69) is 10.5 Å². The van der Waals surface area contributed by atoms with E-state index in [0.717, 1.165) is 6.42 Å². The lowest BCUT2D eigenvalue weighted by atomic mass is 10.2. The van der Waals surface area contributed by atoms with Gasteiger partial charge in [-0.15, -0.1) is 0 Å². The van der Waals surface area contributed by atoms with Crippen LogP contribution in [-0.2, 0) is 0 Å². The van der Waals surface area contributed by atoms with Gasteiger partial charge in [0.2, 0.25) is 0 Å². The third-order valence-corrected chi connectivity index (χ3v) is 4.37. The molecule has 0 aliphatic heterocycles. The topological polar surface area (TPSA) is 120 Å². The van der Waals surface area contributed by atoms with Crippen LogP contribution in [0.5, 0.6) is 11.5 Å². The predicted octanol–water partition coefficient (Wildman–Crippen LogP) is 4.37. The van der Waals surface area contributed by atoms with Crippen LogP contribution in [-0.4, -0.2) is 29.6 Å². The molecular formula is C24H21N3O6. The zero-order chi connectivity index (χ0) is 23.6. The smallest absolute Gasteiger partial charge is 0.343 e. The number of nitrogens with one attached hydrogen (secondary N) is 1. The Morgan fingerprint density at radius 1 is 0.939 bits per heavy atom. The molecule has 3 rings (SSSR count). The van der Waals surface area contributed by atoms with Crippen molar-refractivity contribution in [1.29, 1.82) is 0 Å². The van der Waals surface area contributed by atoms with Gasteiger partial charge in [0.25, 0.3) is 11.6 Å². The Bertz CT molecular complexity index is 1140. The molecule has 168 valence electrons. The van der Waals surface area contributed by atoms with E-state index in [4.69, 9.17) is 9.47 Å². The second kappa shape index (κ2) is 11.2. The van der Waals surface area contributed by atoms with Crippen molar-refractivity contribution in [2.24, 2.45) is 5.10 Å². The highest BCUT2D eigenvalue weighted by molar-refractivity contribution is 5.95. The lowest BCUT2D eigenvalue weighted by molar-refractivity contribution is -0.384. The van der Waals surface area contributed by atoms with E-state index in [1.54, 1.807) is 48.5 Å². The average Bonchev–Trinajstić information content (AvgIpc) is 2.84. The van der Waals surface area contributed by atoms with Crippen LogP contribution in [0, 0.1) is 10.1 Å². The standard InChI is InChI=1S/C24H21N3O6/c1-2-15-32-21-13-7-19(8-14-21)24(29)33-22-11-3-17(4-12-22)16-25-26-23(28)18-5-9-20(10-6-18)27(30)31/h3-14,16H,2,15H2,1H3,(H,26,28)/b25-16+. The summed E-state index contributed by atoms with van der Waals surface area (Å²) in [4.78, 5) is 34.4. The van der Waals surface area contributed by atoms with Crippen LogP contribution in [0.15, 0.2) is 77.9 Å². The Morgan fingerprint density at radius 3 is 2.15 bits per heavy atom. The molecule has 9 heteroatoms. The summed E-state index contributed by atoms with van der Waals surface area (Å²) in [6, 6.07) is 18.5. The highest BCUT2D eigenvalue weighted by Crippen LogP contribution is 2.17. The summed E-state index contributed by atoms with van der Waals surface area (Å²) >= 11 is 0. The molecular weight excluding hydrogens is 426 g/mol. The van der Waals surface area contributed by atoms with Crippen molar-refractivity contribution in [1.82, 2.24) is 5.43 Å². The fraction of sp³-hybridized carbons (Fsp3) is 0.125. The largest absolute Gasteiger partial charge is 0.494 e. The van der Waals surface area contributed by atoms with Crippen molar-refractivity contribution in [3.8, 4) is 11.5 Å². The van der Waals surface area contributed by atoms with Gasteiger partial charge in [0.15, 0.2) is 0 Å². The number of benzene rings is 3. The minimum Gasteiger partial charge on any atom is -0.494 e. The Kier molecular flexibility index (Phi) is 7.85. The molecule has 0 radical (unpaired) electrons. The van der Waals surface area contributed by atoms with Crippen LogP contribution in [0.4, 0.5) is 5.69 Å². The van der Waals surface area contributed by atoms with Gasteiger partial charge in [-0.05, 0) is 72.6 Å². The van der Waals surface area contributed by atoms with Crippen molar-refractivity contribution in [3.63, 3.8) is 0 Å². The molecule has 0 aliphatic carbocycles. The molecule has 0 saturated heterocycles. The van der Waals surface area contributed by atoms with E-state index in [1.165, 1.54) is 30.5 Å². The number of hydrazone groups is 1. The molecule has 3 aromatic rings. The fourth-order valence-corrected chi connectivity index (χ4v) is 2.66. The molecule has 3 aromatic carbocycles. The summed E-state index contributed by atoms with van der Waals surface area (Å²) in [6.07, 6.45) is 2.32. The molecule has 0 unspecified atom stereocenters. The Hall–Kier alpha value is -4.53. The van der Waals surface area contributed by atoms with Crippen LogP contribution in [0.1, 0.15) is 39.6 Å². The normalized spacial score (nSPS) is 10.6. The number of ether oxygens (including phenoxy) is 2. The summed E-state index contributed by atoms with van der Waals surface area (Å²) in [7, 11) is 0. The van der Waals surface area contributed by atoms with E-state index in [-0.39, 0.29) is 11.3 Å². The highest BCUT2D eigenvalue weighted by atomic mass is 16.6. The number of carbonyl (C=O) groups excluding carboxylic acids is 2. The molecule has 0 atom stereocenters. The van der Waals surface area contributed by atoms with Crippen molar-refractivity contribution in [3.05, 3.63) is 99.6 Å². The maximum Gasteiger partial charge on any atom is 0.343 e. The van der Waals surface area contributed by atoms with E-state index in [9.17, 15) is 19.7 Å². The first-order chi connectivity index (χ1) is 16.0. The second-order valence-corrected chi connectivity index (χ2v) is 6.83. The number of non-ortho nitro benzene ring substituents is 1. The van der Waals surface area contributed by atoms with Gasteiger partial charge in [0, 0.05) is 17.7 Å². The lowest BCUT2D eigenvalue weighted by Gasteiger charge is -2.07. The number of nitrogens with zero attached hydrogens (tertiary/aromatic N) is 2. The molecule has 0 saturated carbocycles. The van der Waals surface area contributed by atoms with E-state index >= 15 is 0 Å². The van der Waals surface area contributed by atoms with Crippen molar-refractivity contribution < 1.29 is 24.0 Å². The highest BCUT2D eigenvalue weighted by Gasteiger charge is 2.10. The number of amides is 1. The first-order valence-electron chi connectivity index (χ1n) is 10.1. The molecule has 1 N–H and O–H groups in total. The van der Waals surface area contributed by atoms with Crippen LogP contribution in [0.25, 0.3) is 0 Å². The number of esters is 1. The van der Waals surface area contributed by atoms with Crippen LogP contribution >= 0.6 is 0 Å². The molecule has 33 heavy (non-hydrogen) atoms. The predicted molar refractivity (Wildman–Crippen MR) is 122 cm³/mol. The SMILES string of the molecule is CCCOc1ccc(C(=O)Oc2ccc(/C=N/NC(=O)c3ccc([N+](=O)[O-])cc3)cc2)cc1. The molecule has 9 nitrogen and oxygen atoms in total. The molecule has 0 spiro atoms. The van der Waals surface area contributed by atoms with E-state index in [1.807, 2.05) is 6.92 Å². The van der Waals surface area contributed by atoms with E-state index in [0.29, 0.717) is 29.2 Å². The molecule has 0 fully saturated rings. The average molecular weight is 447 g/mol. The lowest BCUT2D eigenvalue weighted by Crippen LogP contribution is -2.17. The van der Waals surface area contributed by atoms with Crippen LogP contribution in [0.2, 0.25) is 0 Å². The van der Waals surface area contributed by atoms with Crippen molar-refractivity contribution in [2.45, 2.75) is 13.3 Å². The minimum atomic E-state index is -0.542. The third kappa shape index (κ3) is 6.73. The summed E-state index contributed by atoms with van der Waals surface area (Å²) < 4.78 is 10.9. The number of nitro groups is 1. The molecule has 1 amide bonds. The summed E-state index contributed by atoms with van der Waals surface area (Å²) in [6.45, 7) is 2.63. The molecule has 0 aliphatic rings. The quantitative estimate of drug-likeness (QED) is 0.171. The van der Waals surface area contributed by atoms with Gasteiger partial charge in [0.1, 0.15) is 11.5 Å². The number of hydrogen-bond acceptors (Lipinski definition) is 7. The van der Waals surface area contributed by atoms with Gasteiger partial charge in [-0.2, -0.15) is 5.10 Å². The second-order valence-electron chi connectivity index (χ2n) is 6.83. The number of nitro benzene ring substituents is 1. The first kappa shape index (κ1) is 23.1. The van der Waals surface area contributed by atoms with Gasteiger partial charge in [-0.3, -0.25) is 14.9 Å². The van der Waals surface area contributed by atoms with Gasteiger partial charge in [-0.1, -0.05) is 6.92 Å². The van der Waals surface area contributed by atoms with Gasteiger partial charge in [0.05, 0.1) is 23.3 Å². The number of carbonyl (C=O) groups is 2. The monoisotopic (exact) mass is 447 g/mol. The van der Waals surface area contributed by atoms with Crippen LogP contribution < -0.4 is 14.9 Å². The summed E-state index contributed by atoms with van der Waals surface area (Å²) in [5, 5.41) is 14.5.